The summed E-state index contributed by atoms with van der Waals surface area (Å²) in [6.07, 6.45) is 6.12. The number of nitrogens with one attached hydrogen (secondary N) is 2. The molecule has 1 aliphatic heterocycles. The van der Waals surface area contributed by atoms with Gasteiger partial charge in [0, 0.05) is 42.9 Å². The number of benzene rings is 2. The highest BCUT2D eigenvalue weighted by molar-refractivity contribution is 6.28. The van der Waals surface area contributed by atoms with Crippen molar-refractivity contribution >= 4 is 23.3 Å². The van der Waals surface area contributed by atoms with Gasteiger partial charge in [0.2, 0.25) is 5.28 Å². The summed E-state index contributed by atoms with van der Waals surface area (Å²) in [7, 11) is 0. The first-order valence-electron chi connectivity index (χ1n) is 13.4. The quantitative estimate of drug-likeness (QED) is 0.250. The van der Waals surface area contributed by atoms with Gasteiger partial charge in [-0.2, -0.15) is 0 Å². The third-order valence-corrected chi connectivity index (χ3v) is 7.56. The summed E-state index contributed by atoms with van der Waals surface area (Å²) in [5, 5.41) is 17.4. The molecule has 1 amide bonds. The maximum Gasteiger partial charge on any atom is 0.270 e. The smallest absolute Gasteiger partial charge is 0.270 e. The lowest BCUT2D eigenvalue weighted by atomic mass is 9.98. The second kappa shape index (κ2) is 12.5. The largest absolute Gasteiger partial charge is 0.390 e. The third kappa shape index (κ3) is 7.18. The second-order valence-corrected chi connectivity index (χ2v) is 10.6. The second-order valence-electron chi connectivity index (χ2n) is 10.3. The van der Waals surface area contributed by atoms with Crippen LogP contribution < -0.4 is 15.5 Å². The highest BCUT2D eigenvalue weighted by Crippen LogP contribution is 2.45. The van der Waals surface area contributed by atoms with E-state index in [-0.39, 0.29) is 35.0 Å². The molecule has 2 aliphatic rings. The Balaban J connectivity index is 1.34. The molecule has 214 valence electrons. The fourth-order valence-corrected chi connectivity index (χ4v) is 5.20. The minimum absolute atomic E-state index is 0.00633. The first-order valence-corrected chi connectivity index (χ1v) is 13.8. The molecule has 2 unspecified atom stereocenters. The molecule has 11 heteroatoms. The van der Waals surface area contributed by atoms with Gasteiger partial charge in [-0.15, -0.1) is 6.42 Å². The molecule has 1 aliphatic carbocycles. The normalized spacial score (nSPS) is 17.4. The Bertz CT molecular complexity index is 1440. The molecule has 3 aromatic rings. The zero-order valence-electron chi connectivity index (χ0n) is 22.2. The lowest BCUT2D eigenvalue weighted by molar-refractivity contribution is 0.0817. The van der Waals surface area contributed by atoms with E-state index in [1.807, 2.05) is 29.2 Å². The Morgan fingerprint density at radius 1 is 1.15 bits per heavy atom. The molecule has 2 fully saturated rings. The molecule has 8 nitrogen and oxygen atoms in total. The molecule has 2 heterocycles. The molecule has 2 aromatic carbocycles. The van der Waals surface area contributed by atoms with Crippen molar-refractivity contribution in [2.45, 2.75) is 36.9 Å². The zero-order valence-corrected chi connectivity index (χ0v) is 23.0. The Labute approximate surface area is 242 Å². The standard InChI is InChI=1S/C30H30ClF2N5O3/c1-2-19-4-3-5-21(12-19)30(6-7-30)34-18-26(39)24(15-20-13-22(32)16-23(33)14-20)35-28(40)25-17-27(37-29(31)36-25)38-8-10-41-11-9-38/h1,3-5,12-14,16-17,24,26,34,39H,6-11,15,18H2,(H,35,40). The van der Waals surface area contributed by atoms with E-state index in [0.717, 1.165) is 30.0 Å². The van der Waals surface area contributed by atoms with Gasteiger partial charge in [-0.3, -0.25) is 4.79 Å². The number of nitrogens with zero attached hydrogens (tertiary/aromatic N) is 3. The number of terminal acetylenes is 1. The summed E-state index contributed by atoms with van der Waals surface area (Å²) in [4.78, 5) is 23.6. The number of aliphatic hydroxyl groups is 1. The van der Waals surface area contributed by atoms with Crippen LogP contribution in [0.15, 0.2) is 48.5 Å². The van der Waals surface area contributed by atoms with Gasteiger partial charge in [0.1, 0.15) is 23.1 Å². The number of aliphatic hydroxyl groups excluding tert-OH is 1. The van der Waals surface area contributed by atoms with Gasteiger partial charge in [0.15, 0.2) is 0 Å². The monoisotopic (exact) mass is 581 g/mol. The number of ether oxygens (including phenoxy) is 1. The number of aromatic nitrogens is 2. The minimum atomic E-state index is -1.12. The van der Waals surface area contributed by atoms with Crippen molar-refractivity contribution in [3.8, 4) is 12.3 Å². The van der Waals surface area contributed by atoms with Crippen LogP contribution in [-0.4, -0.2) is 66.0 Å². The summed E-state index contributed by atoms with van der Waals surface area (Å²) in [6.45, 7) is 2.30. The van der Waals surface area contributed by atoms with Crippen molar-refractivity contribution in [1.29, 1.82) is 0 Å². The van der Waals surface area contributed by atoms with Crippen LogP contribution in [0.3, 0.4) is 0 Å². The first-order chi connectivity index (χ1) is 19.7. The lowest BCUT2D eigenvalue weighted by Crippen LogP contribution is -2.50. The van der Waals surface area contributed by atoms with Crippen molar-refractivity contribution in [2.75, 3.05) is 37.7 Å². The predicted octanol–water partition coefficient (Wildman–Crippen LogP) is 3.21. The Hall–Kier alpha value is -3.62. The third-order valence-electron chi connectivity index (χ3n) is 7.39. The fraction of sp³-hybridized carbons (Fsp3) is 0.367. The van der Waals surface area contributed by atoms with E-state index in [9.17, 15) is 18.7 Å². The summed E-state index contributed by atoms with van der Waals surface area (Å²) < 4.78 is 33.3. The fourth-order valence-electron chi connectivity index (χ4n) is 5.03. The van der Waals surface area contributed by atoms with Crippen molar-refractivity contribution in [1.82, 2.24) is 20.6 Å². The SMILES string of the molecule is C#Cc1cccc(C2(NCC(O)C(Cc3cc(F)cc(F)c3)NC(=O)c3cc(N4CCOCC4)nc(Cl)n3)CC2)c1. The molecule has 1 aromatic heterocycles. The maximum absolute atomic E-state index is 14.0. The van der Waals surface area contributed by atoms with Crippen LogP contribution in [-0.2, 0) is 16.7 Å². The number of hydrogen-bond acceptors (Lipinski definition) is 7. The number of amides is 1. The van der Waals surface area contributed by atoms with E-state index in [1.165, 1.54) is 18.2 Å². The number of carbonyl (C=O) groups is 1. The summed E-state index contributed by atoms with van der Waals surface area (Å²) >= 11 is 6.15. The van der Waals surface area contributed by atoms with Crippen molar-refractivity contribution in [3.05, 3.63) is 87.8 Å². The molecule has 0 bridgehead atoms. The van der Waals surface area contributed by atoms with Crippen molar-refractivity contribution in [2.24, 2.45) is 0 Å². The van der Waals surface area contributed by atoms with Gasteiger partial charge in [0.25, 0.3) is 5.91 Å². The van der Waals surface area contributed by atoms with Crippen LogP contribution in [0.5, 0.6) is 0 Å². The van der Waals surface area contributed by atoms with E-state index < -0.39 is 29.7 Å². The summed E-state index contributed by atoms with van der Waals surface area (Å²) in [5.74, 6) is 1.02. The average molecular weight is 582 g/mol. The highest BCUT2D eigenvalue weighted by Gasteiger charge is 2.44. The van der Waals surface area contributed by atoms with Gasteiger partial charge in [-0.1, -0.05) is 18.1 Å². The Kier molecular flexibility index (Phi) is 8.80. The van der Waals surface area contributed by atoms with Crippen molar-refractivity contribution in [3.63, 3.8) is 0 Å². The number of carbonyl (C=O) groups excluding carboxylic acids is 1. The molecular weight excluding hydrogens is 552 g/mol. The highest BCUT2D eigenvalue weighted by atomic mass is 35.5. The van der Waals surface area contributed by atoms with Gasteiger partial charge in [-0.25, -0.2) is 18.7 Å². The Morgan fingerprint density at radius 3 is 2.56 bits per heavy atom. The van der Waals surface area contributed by atoms with Crippen LogP contribution in [0.4, 0.5) is 14.6 Å². The first kappa shape index (κ1) is 28.9. The van der Waals surface area contributed by atoms with Crippen LogP contribution in [0.25, 0.3) is 0 Å². The van der Waals surface area contributed by atoms with Crippen molar-refractivity contribution < 1.29 is 23.4 Å². The number of halogens is 3. The molecule has 1 saturated heterocycles. The summed E-state index contributed by atoms with van der Waals surface area (Å²) in [5.41, 5.74) is 1.71. The van der Waals surface area contributed by atoms with E-state index in [4.69, 9.17) is 22.8 Å². The molecular formula is C30H30ClF2N5O3. The van der Waals surface area contributed by atoms with Gasteiger partial charge >= 0.3 is 0 Å². The summed E-state index contributed by atoms with van der Waals surface area (Å²) in [6, 6.07) is 11.4. The Morgan fingerprint density at radius 2 is 1.88 bits per heavy atom. The molecule has 1 saturated carbocycles. The van der Waals surface area contributed by atoms with Crippen LogP contribution >= 0.6 is 11.6 Å². The number of rotatable bonds is 10. The van der Waals surface area contributed by atoms with Gasteiger partial charge in [-0.05, 0) is 66.3 Å². The number of morpholine rings is 1. The van der Waals surface area contributed by atoms with Crippen LogP contribution in [0.1, 0.15) is 40.0 Å². The van der Waals surface area contributed by atoms with Gasteiger partial charge in [0.05, 0.1) is 25.4 Å². The minimum Gasteiger partial charge on any atom is -0.390 e. The molecule has 0 spiro atoms. The molecule has 5 rings (SSSR count). The van der Waals surface area contributed by atoms with Gasteiger partial charge < -0.3 is 25.4 Å². The number of hydrogen-bond donors (Lipinski definition) is 3. The van der Waals surface area contributed by atoms with Crippen LogP contribution in [0, 0.1) is 24.0 Å². The number of anilines is 1. The lowest BCUT2D eigenvalue weighted by Gasteiger charge is -2.28. The maximum atomic E-state index is 14.0. The molecule has 2 atom stereocenters. The molecule has 0 radical (unpaired) electrons. The molecule has 3 N–H and O–H groups in total. The predicted molar refractivity (Wildman–Crippen MR) is 151 cm³/mol. The molecule has 41 heavy (non-hydrogen) atoms. The van der Waals surface area contributed by atoms with Crippen LogP contribution in [0.2, 0.25) is 5.28 Å². The topological polar surface area (TPSA) is 99.6 Å². The van der Waals surface area contributed by atoms with E-state index in [1.54, 1.807) is 0 Å². The van der Waals surface area contributed by atoms with E-state index >= 15 is 0 Å². The zero-order chi connectivity index (χ0) is 29.0. The average Bonchev–Trinajstić information content (AvgIpc) is 3.76. The van der Waals surface area contributed by atoms with E-state index in [2.05, 4.69) is 26.5 Å². The van der Waals surface area contributed by atoms with E-state index in [0.29, 0.717) is 32.1 Å².